The van der Waals surface area contributed by atoms with Crippen LogP contribution in [0.25, 0.3) is 0 Å². The van der Waals surface area contributed by atoms with Crippen LogP contribution in [0, 0.1) is 71.0 Å². The van der Waals surface area contributed by atoms with E-state index in [1.807, 2.05) is 0 Å². The van der Waals surface area contributed by atoms with Crippen molar-refractivity contribution in [1.82, 2.24) is 9.80 Å². The van der Waals surface area contributed by atoms with E-state index in [1.165, 1.54) is 19.3 Å². The summed E-state index contributed by atoms with van der Waals surface area (Å²) in [7, 11) is 0. The topological polar surface area (TPSA) is 137 Å². The van der Waals surface area contributed by atoms with Crippen molar-refractivity contribution in [3.8, 4) is 0 Å². The summed E-state index contributed by atoms with van der Waals surface area (Å²) in [5, 5.41) is 10.4. The molecule has 1 N–H and O–H groups in total. The first-order valence-electron chi connectivity index (χ1n) is 30.0. The lowest BCUT2D eigenvalue weighted by atomic mass is 9.56. The summed E-state index contributed by atoms with van der Waals surface area (Å²) in [5.74, 6) is 4.51. The SMILES string of the molecule is C[C@@H]1CC[C@H]2[C@@H](C)C(OCCN(CCO)CCN(CCOC3O[C@@H]4C[C@@]5(C)CC[C@H]6[C@H](C)CC[C@@H]([C@H]3C)[C@@]46OO5)CCOC3O[C@@H]4C[C@@]5(C)CC[C@H]6[C@H](C)CC[C@@H]([C@H]3C)[C@@]46OO5)O[C@@H]3C[C@@]4(C)CC[C@@H]1[C@]32OO4. The Balaban J connectivity index is 0.707. The molecule has 24 atom stereocenters. The van der Waals surface area contributed by atoms with E-state index < -0.39 is 16.8 Å². The van der Waals surface area contributed by atoms with Crippen LogP contribution in [-0.4, -0.2) is 151 Å². The van der Waals surface area contributed by atoms with Crippen molar-refractivity contribution in [3.05, 3.63) is 0 Å². The minimum Gasteiger partial charge on any atom is -0.395 e. The van der Waals surface area contributed by atoms with Gasteiger partial charge in [0, 0.05) is 94.0 Å². The third-order valence-corrected chi connectivity index (χ3v) is 23.1. The Labute approximate surface area is 437 Å². The Bertz CT molecular complexity index is 1850. The second-order valence-electron chi connectivity index (χ2n) is 27.5. The number of rotatable bonds is 17. The Morgan fingerprint density at radius 1 is 0.397 bits per heavy atom. The first kappa shape index (κ1) is 53.1. The Morgan fingerprint density at radius 3 is 1.03 bits per heavy atom. The molecule has 73 heavy (non-hydrogen) atoms. The monoisotopic (exact) mass is 1030 g/mol. The van der Waals surface area contributed by atoms with Gasteiger partial charge >= 0.3 is 0 Å². The van der Waals surface area contributed by atoms with Gasteiger partial charge in [-0.15, -0.1) is 0 Å². The van der Waals surface area contributed by atoms with Crippen LogP contribution in [0.2, 0.25) is 0 Å². The number of aliphatic hydroxyl groups excluding tert-OH is 1. The lowest BCUT2D eigenvalue weighted by Crippen LogP contribution is -2.69. The zero-order chi connectivity index (χ0) is 50.7. The maximum absolute atomic E-state index is 10.4. The third kappa shape index (κ3) is 8.92. The molecule has 0 radical (unpaired) electrons. The first-order chi connectivity index (χ1) is 35.0. The van der Waals surface area contributed by atoms with Crippen molar-refractivity contribution in [2.45, 2.75) is 229 Å². The third-order valence-electron chi connectivity index (χ3n) is 23.1. The van der Waals surface area contributed by atoms with E-state index in [0.717, 1.165) is 103 Å². The molecule has 6 bridgehead atoms. The van der Waals surface area contributed by atoms with Crippen molar-refractivity contribution >= 4 is 0 Å². The van der Waals surface area contributed by atoms with Crippen molar-refractivity contribution in [3.63, 3.8) is 0 Å². The van der Waals surface area contributed by atoms with Gasteiger partial charge in [0.25, 0.3) is 0 Å². The summed E-state index contributed by atoms with van der Waals surface area (Å²) in [6.45, 7) is 26.6. The molecule has 15 rings (SSSR count). The summed E-state index contributed by atoms with van der Waals surface area (Å²) in [6.07, 6.45) is 14.7. The van der Waals surface area contributed by atoms with Crippen LogP contribution < -0.4 is 0 Å². The van der Waals surface area contributed by atoms with Crippen molar-refractivity contribution in [1.29, 1.82) is 0 Å². The molecule has 15 heteroatoms. The zero-order valence-corrected chi connectivity index (χ0v) is 46.3. The minimum absolute atomic E-state index is 0.0436. The molecule has 3 spiro atoms. The molecule has 15 aliphatic rings. The molecule has 9 saturated heterocycles. The maximum Gasteiger partial charge on any atom is 0.161 e. The van der Waals surface area contributed by atoms with Gasteiger partial charge in [0.15, 0.2) is 18.9 Å². The van der Waals surface area contributed by atoms with Gasteiger partial charge in [-0.2, -0.15) is 0 Å². The predicted molar refractivity (Wildman–Crippen MR) is 269 cm³/mol. The highest BCUT2D eigenvalue weighted by atomic mass is 17.2. The number of nitrogens with zero attached hydrogens (tertiary/aromatic N) is 2. The maximum atomic E-state index is 10.4. The number of hydrogen-bond donors (Lipinski definition) is 1. The Kier molecular flexibility index (Phi) is 14.7. The summed E-state index contributed by atoms with van der Waals surface area (Å²) in [6, 6.07) is 0. The molecule has 9 aliphatic heterocycles. The molecule has 0 aromatic carbocycles. The second-order valence-corrected chi connectivity index (χ2v) is 27.5. The fourth-order valence-electron chi connectivity index (χ4n) is 18.8. The summed E-state index contributed by atoms with van der Waals surface area (Å²) in [4.78, 5) is 43.3. The summed E-state index contributed by atoms with van der Waals surface area (Å²) >= 11 is 0. The summed E-state index contributed by atoms with van der Waals surface area (Å²) < 4.78 is 41.7. The van der Waals surface area contributed by atoms with Crippen molar-refractivity contribution in [2.75, 3.05) is 65.7 Å². The quantitative estimate of drug-likeness (QED) is 0.139. The van der Waals surface area contributed by atoms with Crippen LogP contribution in [0.3, 0.4) is 0 Å². The molecule has 0 amide bonds. The highest BCUT2D eigenvalue weighted by Crippen LogP contribution is 2.65. The van der Waals surface area contributed by atoms with E-state index in [4.69, 9.17) is 57.7 Å². The van der Waals surface area contributed by atoms with E-state index in [2.05, 4.69) is 72.1 Å². The number of ether oxygens (including phenoxy) is 6. The lowest BCUT2D eigenvalue weighted by molar-refractivity contribution is -0.495. The molecule has 15 fully saturated rings. The normalized spacial score (nSPS) is 53.6. The molecule has 0 aromatic heterocycles. The molecular formula is C58H96N2O13. The van der Waals surface area contributed by atoms with E-state index in [-0.39, 0.29) is 78.3 Å². The molecule has 6 aliphatic carbocycles. The largest absolute Gasteiger partial charge is 0.395 e. The second kappa shape index (κ2) is 20.2. The number of hydrogen-bond acceptors (Lipinski definition) is 15. The molecule has 416 valence electrons. The molecule has 6 saturated carbocycles. The standard InChI is InChI=1S/C58H96N2O13/c1-35-10-13-44-38(4)50(65-47-32-53(7)19-16-41(35)56(44,47)71-68-53)62-29-25-59(24-28-61)22-23-60(26-30-63-51-39(5)45-14-11-36(2)42-17-20-54(8)33-48(66-51)57(42,45)72-69-54)27-31-64-52-40(6)46-15-12-37(3)43-18-21-55(9)34-49(67-52)58(43,46)73-70-55/h35-52,61H,10-34H2,1-9H3/t35-,36-,37-,38-,39-,40-,41+,42+,43+,44+,45+,46+,47-,48-,49-,50?,51?,52?,53-,54-,55-,56-,57-,58-/m1/s1. The predicted octanol–water partition coefficient (Wildman–Crippen LogP) is 8.63. The van der Waals surface area contributed by atoms with Crippen LogP contribution in [0.5, 0.6) is 0 Å². The molecular weight excluding hydrogens is 933 g/mol. The van der Waals surface area contributed by atoms with Gasteiger partial charge in [0.2, 0.25) is 0 Å². The van der Waals surface area contributed by atoms with Gasteiger partial charge in [-0.1, -0.05) is 41.5 Å². The van der Waals surface area contributed by atoms with E-state index in [0.29, 0.717) is 86.2 Å². The average molecular weight is 1030 g/mol. The van der Waals surface area contributed by atoms with E-state index >= 15 is 0 Å². The van der Waals surface area contributed by atoms with Crippen molar-refractivity contribution < 1.29 is 62.9 Å². The van der Waals surface area contributed by atoms with Gasteiger partial charge in [-0.25, -0.2) is 29.3 Å². The smallest absolute Gasteiger partial charge is 0.161 e. The van der Waals surface area contributed by atoms with Gasteiger partial charge in [-0.3, -0.25) is 9.80 Å². The first-order valence-corrected chi connectivity index (χ1v) is 30.0. The fraction of sp³-hybridized carbons (Fsp3) is 1.00. The molecule has 3 unspecified atom stereocenters. The van der Waals surface area contributed by atoms with Crippen LogP contribution in [0.1, 0.15) is 159 Å². The lowest BCUT2D eigenvalue weighted by Gasteiger charge is -2.61. The van der Waals surface area contributed by atoms with E-state index in [1.54, 1.807) is 0 Å². The number of aliphatic hydroxyl groups is 1. The van der Waals surface area contributed by atoms with Crippen LogP contribution in [0.15, 0.2) is 0 Å². The fourth-order valence-corrected chi connectivity index (χ4v) is 18.8. The van der Waals surface area contributed by atoms with Gasteiger partial charge < -0.3 is 33.5 Å². The summed E-state index contributed by atoms with van der Waals surface area (Å²) in [5.41, 5.74) is -2.22. The Morgan fingerprint density at radius 2 is 0.712 bits per heavy atom. The zero-order valence-electron chi connectivity index (χ0n) is 46.3. The van der Waals surface area contributed by atoms with Crippen LogP contribution in [0.4, 0.5) is 0 Å². The van der Waals surface area contributed by atoms with Crippen molar-refractivity contribution in [2.24, 2.45) is 71.0 Å². The minimum atomic E-state index is -0.407. The van der Waals surface area contributed by atoms with Gasteiger partial charge in [-0.05, 0) is 133 Å². The van der Waals surface area contributed by atoms with Crippen LogP contribution in [-0.2, 0) is 57.7 Å². The highest BCUT2D eigenvalue weighted by Gasteiger charge is 2.71. The van der Waals surface area contributed by atoms with E-state index in [9.17, 15) is 5.11 Å². The molecule has 9 heterocycles. The van der Waals surface area contributed by atoms with Crippen LogP contribution >= 0.6 is 0 Å². The number of fused-ring (bicyclic) bond motifs is 6. The Hall–Kier alpha value is -0.600. The average Bonchev–Trinajstić information content (AvgIpc) is 3.85. The van der Waals surface area contributed by atoms with Gasteiger partial charge in [0.05, 0.1) is 44.7 Å². The molecule has 0 aromatic rings. The molecule has 15 nitrogen and oxygen atoms in total. The van der Waals surface area contributed by atoms with Gasteiger partial charge in [0.1, 0.15) is 33.6 Å². The highest BCUT2D eigenvalue weighted by molar-refractivity contribution is 5.16.